The Morgan fingerprint density at radius 2 is 1.88 bits per heavy atom. The van der Waals surface area contributed by atoms with Gasteiger partial charge in [-0.25, -0.2) is 0 Å². The van der Waals surface area contributed by atoms with E-state index < -0.39 is 0 Å². The van der Waals surface area contributed by atoms with Gasteiger partial charge in [0.2, 0.25) is 0 Å². The Morgan fingerprint density at radius 3 is 2.50 bits per heavy atom. The van der Waals surface area contributed by atoms with Crippen LogP contribution in [-0.2, 0) is 6.42 Å². The van der Waals surface area contributed by atoms with Crippen LogP contribution in [0.15, 0.2) is 36.4 Å². The molecule has 0 saturated carbocycles. The van der Waals surface area contributed by atoms with Crippen molar-refractivity contribution in [3.63, 3.8) is 0 Å². The summed E-state index contributed by atoms with van der Waals surface area (Å²) in [6.45, 7) is 5.93. The van der Waals surface area contributed by atoms with Gasteiger partial charge in [0.25, 0.3) is 5.91 Å². The standard InChI is InChI=1S/C18H24N4O2/c1-4-22(5-2)18(23)15-10-11-17(21-20-15)19-13-12-14-8-6-7-9-16(14)24-3/h6-11H,4-5,12-13H2,1-3H3,(H,19,21). The Kier molecular flexibility index (Phi) is 6.54. The topological polar surface area (TPSA) is 67.4 Å². The average molecular weight is 328 g/mol. The first-order valence-corrected chi connectivity index (χ1v) is 8.18. The molecule has 1 aromatic heterocycles. The molecule has 128 valence electrons. The molecule has 1 aromatic carbocycles. The second kappa shape index (κ2) is 8.86. The lowest BCUT2D eigenvalue weighted by molar-refractivity contribution is 0.0766. The van der Waals surface area contributed by atoms with E-state index in [1.165, 1.54) is 0 Å². The summed E-state index contributed by atoms with van der Waals surface area (Å²) in [6, 6.07) is 11.4. The predicted octanol–water partition coefficient (Wildman–Crippen LogP) is 2.62. The van der Waals surface area contributed by atoms with Gasteiger partial charge in [0.15, 0.2) is 5.69 Å². The SMILES string of the molecule is CCN(CC)C(=O)c1ccc(NCCc2ccccc2OC)nn1. The molecule has 0 radical (unpaired) electrons. The van der Waals surface area contributed by atoms with E-state index in [-0.39, 0.29) is 5.91 Å². The molecule has 0 aliphatic carbocycles. The predicted molar refractivity (Wildman–Crippen MR) is 94.5 cm³/mol. The number of aromatic nitrogens is 2. The van der Waals surface area contributed by atoms with Crippen molar-refractivity contribution < 1.29 is 9.53 Å². The van der Waals surface area contributed by atoms with Crippen LogP contribution >= 0.6 is 0 Å². The number of carbonyl (C=O) groups excluding carboxylic acids is 1. The zero-order chi connectivity index (χ0) is 17.4. The second-order valence-electron chi connectivity index (χ2n) is 5.27. The number of amides is 1. The average Bonchev–Trinajstić information content (AvgIpc) is 2.63. The molecule has 6 nitrogen and oxygen atoms in total. The van der Waals surface area contributed by atoms with E-state index in [2.05, 4.69) is 15.5 Å². The third-order valence-corrected chi connectivity index (χ3v) is 3.83. The van der Waals surface area contributed by atoms with Crippen molar-refractivity contribution >= 4 is 11.7 Å². The maximum Gasteiger partial charge on any atom is 0.274 e. The molecule has 1 N–H and O–H groups in total. The van der Waals surface area contributed by atoms with Crippen LogP contribution < -0.4 is 10.1 Å². The van der Waals surface area contributed by atoms with Crippen LogP contribution in [0.5, 0.6) is 5.75 Å². The van der Waals surface area contributed by atoms with E-state index >= 15 is 0 Å². The Balaban J connectivity index is 1.91. The molecule has 0 aliphatic heterocycles. The van der Waals surface area contributed by atoms with Crippen LogP contribution in [0.2, 0.25) is 0 Å². The normalized spacial score (nSPS) is 10.3. The number of carbonyl (C=O) groups is 1. The molecule has 0 atom stereocenters. The molecule has 0 spiro atoms. The number of hydrogen-bond donors (Lipinski definition) is 1. The van der Waals surface area contributed by atoms with Crippen molar-refractivity contribution in [3.8, 4) is 5.75 Å². The number of rotatable bonds is 8. The molecular weight excluding hydrogens is 304 g/mol. The number of anilines is 1. The molecule has 1 amide bonds. The van der Waals surface area contributed by atoms with E-state index in [0.717, 1.165) is 17.7 Å². The van der Waals surface area contributed by atoms with E-state index in [9.17, 15) is 4.79 Å². The highest BCUT2D eigenvalue weighted by molar-refractivity contribution is 5.92. The number of nitrogens with one attached hydrogen (secondary N) is 1. The number of nitrogens with zero attached hydrogens (tertiary/aromatic N) is 3. The van der Waals surface area contributed by atoms with Crippen molar-refractivity contribution in [1.82, 2.24) is 15.1 Å². The second-order valence-corrected chi connectivity index (χ2v) is 5.27. The fourth-order valence-corrected chi connectivity index (χ4v) is 2.45. The molecule has 2 aromatic rings. The minimum Gasteiger partial charge on any atom is -0.496 e. The number of ether oxygens (including phenoxy) is 1. The summed E-state index contributed by atoms with van der Waals surface area (Å²) in [4.78, 5) is 13.9. The lowest BCUT2D eigenvalue weighted by Gasteiger charge is -2.17. The van der Waals surface area contributed by atoms with Crippen LogP contribution in [0.25, 0.3) is 0 Å². The molecule has 0 unspecified atom stereocenters. The Labute approximate surface area is 142 Å². The number of hydrogen-bond acceptors (Lipinski definition) is 5. The first-order valence-electron chi connectivity index (χ1n) is 8.18. The molecule has 0 bridgehead atoms. The highest BCUT2D eigenvalue weighted by atomic mass is 16.5. The Bertz CT molecular complexity index is 654. The first kappa shape index (κ1) is 17.7. The number of methoxy groups -OCH3 is 1. The third kappa shape index (κ3) is 4.44. The van der Waals surface area contributed by atoms with E-state index in [1.807, 2.05) is 38.1 Å². The quantitative estimate of drug-likeness (QED) is 0.807. The monoisotopic (exact) mass is 328 g/mol. The van der Waals surface area contributed by atoms with Gasteiger partial charge in [-0.3, -0.25) is 4.79 Å². The molecule has 24 heavy (non-hydrogen) atoms. The maximum absolute atomic E-state index is 12.2. The van der Waals surface area contributed by atoms with Gasteiger partial charge < -0.3 is 15.0 Å². The van der Waals surface area contributed by atoms with E-state index in [0.29, 0.717) is 31.1 Å². The smallest absolute Gasteiger partial charge is 0.274 e. The van der Waals surface area contributed by atoms with Gasteiger partial charge in [-0.15, -0.1) is 10.2 Å². The van der Waals surface area contributed by atoms with Crippen LogP contribution in [0.3, 0.4) is 0 Å². The van der Waals surface area contributed by atoms with Gasteiger partial charge >= 0.3 is 0 Å². The Morgan fingerprint density at radius 1 is 1.12 bits per heavy atom. The fourth-order valence-electron chi connectivity index (χ4n) is 2.45. The zero-order valence-corrected chi connectivity index (χ0v) is 14.5. The summed E-state index contributed by atoms with van der Waals surface area (Å²) in [6.07, 6.45) is 0.811. The molecule has 1 heterocycles. The minimum atomic E-state index is -0.0897. The van der Waals surface area contributed by atoms with Crippen molar-refractivity contribution in [2.24, 2.45) is 0 Å². The van der Waals surface area contributed by atoms with Gasteiger partial charge in [0, 0.05) is 19.6 Å². The molecule has 0 saturated heterocycles. The number of para-hydroxylation sites is 1. The summed E-state index contributed by atoms with van der Waals surface area (Å²) in [5.74, 6) is 1.44. The Hall–Kier alpha value is -2.63. The molecule has 0 fully saturated rings. The summed E-state index contributed by atoms with van der Waals surface area (Å²) in [7, 11) is 1.67. The van der Waals surface area contributed by atoms with Crippen molar-refractivity contribution in [2.45, 2.75) is 20.3 Å². The van der Waals surface area contributed by atoms with Crippen molar-refractivity contribution in [1.29, 1.82) is 0 Å². The molecule has 0 aliphatic rings. The van der Waals surface area contributed by atoms with Crippen LogP contribution in [0.4, 0.5) is 5.82 Å². The van der Waals surface area contributed by atoms with E-state index in [1.54, 1.807) is 24.1 Å². The van der Waals surface area contributed by atoms with Crippen LogP contribution in [0, 0.1) is 0 Å². The van der Waals surface area contributed by atoms with Gasteiger partial charge in [0.1, 0.15) is 11.6 Å². The van der Waals surface area contributed by atoms with Gasteiger partial charge in [-0.2, -0.15) is 0 Å². The summed E-state index contributed by atoms with van der Waals surface area (Å²) >= 11 is 0. The van der Waals surface area contributed by atoms with Crippen LogP contribution in [0.1, 0.15) is 29.9 Å². The van der Waals surface area contributed by atoms with E-state index in [4.69, 9.17) is 4.74 Å². The first-order chi connectivity index (χ1) is 11.7. The van der Waals surface area contributed by atoms with Crippen molar-refractivity contribution in [3.05, 3.63) is 47.7 Å². The fraction of sp³-hybridized carbons (Fsp3) is 0.389. The van der Waals surface area contributed by atoms with Gasteiger partial charge in [-0.05, 0) is 44.0 Å². The lowest BCUT2D eigenvalue weighted by Crippen LogP contribution is -2.31. The molecular formula is C18H24N4O2. The van der Waals surface area contributed by atoms with Gasteiger partial charge in [-0.1, -0.05) is 18.2 Å². The maximum atomic E-state index is 12.2. The zero-order valence-electron chi connectivity index (χ0n) is 14.5. The van der Waals surface area contributed by atoms with Crippen molar-refractivity contribution in [2.75, 3.05) is 32.1 Å². The third-order valence-electron chi connectivity index (χ3n) is 3.83. The van der Waals surface area contributed by atoms with Gasteiger partial charge in [0.05, 0.1) is 7.11 Å². The molecule has 6 heteroatoms. The number of benzene rings is 1. The van der Waals surface area contributed by atoms with Crippen LogP contribution in [-0.4, -0.2) is 47.7 Å². The highest BCUT2D eigenvalue weighted by Gasteiger charge is 2.14. The minimum absolute atomic E-state index is 0.0897. The summed E-state index contributed by atoms with van der Waals surface area (Å²) < 4.78 is 5.34. The highest BCUT2D eigenvalue weighted by Crippen LogP contribution is 2.17. The lowest BCUT2D eigenvalue weighted by atomic mass is 10.1. The summed E-state index contributed by atoms with van der Waals surface area (Å²) in [5.41, 5.74) is 1.50. The largest absolute Gasteiger partial charge is 0.496 e. The molecule has 2 rings (SSSR count). The summed E-state index contributed by atoms with van der Waals surface area (Å²) in [5, 5.41) is 11.3.